The number of quaternary nitrogens is 1. The maximum Gasteiger partial charge on any atom is 0.416 e. The van der Waals surface area contributed by atoms with Crippen LogP contribution in [0, 0.1) is 0 Å². The smallest absolute Gasteiger partial charge is 0.416 e. The normalized spacial score (nSPS) is 11.5. The van der Waals surface area contributed by atoms with Crippen molar-refractivity contribution in [3.8, 4) is 0 Å². The van der Waals surface area contributed by atoms with Crippen LogP contribution in [0.15, 0.2) is 77.6 Å². The van der Waals surface area contributed by atoms with Crippen molar-refractivity contribution in [1.82, 2.24) is 9.13 Å². The molecule has 4 rings (SSSR count). The van der Waals surface area contributed by atoms with Gasteiger partial charge in [0.1, 0.15) is 5.69 Å². The van der Waals surface area contributed by atoms with Crippen LogP contribution in [0.3, 0.4) is 0 Å². The first kappa shape index (κ1) is 21.7. The molecule has 156 valence electrons. The van der Waals surface area contributed by atoms with Crippen LogP contribution in [0.4, 0.5) is 18.9 Å². The van der Waals surface area contributed by atoms with Crippen molar-refractivity contribution in [2.75, 3.05) is 0 Å². The highest BCUT2D eigenvalue weighted by molar-refractivity contribution is 5.76. The van der Waals surface area contributed by atoms with E-state index in [0.29, 0.717) is 12.1 Å². The van der Waals surface area contributed by atoms with Crippen molar-refractivity contribution in [3.05, 3.63) is 100.0 Å². The second-order valence-corrected chi connectivity index (χ2v) is 6.95. The van der Waals surface area contributed by atoms with Gasteiger partial charge in [-0.1, -0.05) is 36.4 Å². The van der Waals surface area contributed by atoms with Crippen molar-refractivity contribution in [2.45, 2.75) is 19.3 Å². The third kappa shape index (κ3) is 4.27. The van der Waals surface area contributed by atoms with Crippen molar-refractivity contribution in [1.29, 1.82) is 0 Å². The number of imidazole rings is 1. The van der Waals surface area contributed by atoms with Crippen molar-refractivity contribution in [2.24, 2.45) is 0 Å². The molecule has 8 heteroatoms. The summed E-state index contributed by atoms with van der Waals surface area (Å²) in [5.41, 5.74) is 6.97. The van der Waals surface area contributed by atoms with Crippen molar-refractivity contribution >= 4 is 16.7 Å². The topological polar surface area (TPSA) is 54.6 Å². The van der Waals surface area contributed by atoms with Crippen LogP contribution in [-0.4, -0.2) is 9.13 Å². The van der Waals surface area contributed by atoms with Crippen LogP contribution in [-0.2, 0) is 19.3 Å². The summed E-state index contributed by atoms with van der Waals surface area (Å²) in [5, 5.41) is 0. The molecule has 3 aromatic carbocycles. The SMILES string of the molecule is [Cl-].[NH3+]c1ccc(Cn2c(=O)n(Cc3ccc(C(F)(F)F)cc3)c3ccccc32)cc1. The van der Waals surface area contributed by atoms with Crippen LogP contribution in [0.2, 0.25) is 0 Å². The lowest BCUT2D eigenvalue weighted by atomic mass is 10.1. The number of alkyl halides is 3. The highest BCUT2D eigenvalue weighted by Gasteiger charge is 2.30. The summed E-state index contributed by atoms with van der Waals surface area (Å²) in [6.45, 7) is 0.599. The van der Waals surface area contributed by atoms with Crippen LogP contribution < -0.4 is 23.8 Å². The molecule has 1 aromatic heterocycles. The Labute approximate surface area is 176 Å². The summed E-state index contributed by atoms with van der Waals surface area (Å²) in [4.78, 5) is 13.1. The highest BCUT2D eigenvalue weighted by Crippen LogP contribution is 2.29. The van der Waals surface area contributed by atoms with Gasteiger partial charge in [0, 0.05) is 0 Å². The molecule has 0 saturated heterocycles. The Hall–Kier alpha value is -3.03. The standard InChI is InChI=1S/C22H18F3N3O.ClH/c23-22(24,25)17-9-5-15(6-10-17)13-27-19-3-1-2-4-20(19)28(21(27)29)14-16-7-11-18(26)12-8-16;/h1-12H,13-14,26H2;1H. The van der Waals surface area contributed by atoms with Gasteiger partial charge in [-0.3, -0.25) is 9.13 Å². The van der Waals surface area contributed by atoms with E-state index in [2.05, 4.69) is 5.73 Å². The van der Waals surface area contributed by atoms with Gasteiger partial charge >= 0.3 is 11.9 Å². The lowest BCUT2D eigenvalue weighted by Gasteiger charge is -2.08. The van der Waals surface area contributed by atoms with E-state index in [1.165, 1.54) is 12.1 Å². The molecular formula is C22H19ClF3N3O. The molecule has 4 nitrogen and oxygen atoms in total. The molecular weight excluding hydrogens is 415 g/mol. The third-order valence-corrected chi connectivity index (χ3v) is 4.91. The predicted octanol–water partition coefficient (Wildman–Crippen LogP) is 0.796. The van der Waals surface area contributed by atoms with Crippen LogP contribution >= 0.6 is 0 Å². The van der Waals surface area contributed by atoms with E-state index in [4.69, 9.17) is 0 Å². The fourth-order valence-electron chi connectivity index (χ4n) is 3.39. The molecule has 1 heterocycles. The van der Waals surface area contributed by atoms with Gasteiger partial charge < -0.3 is 18.1 Å². The van der Waals surface area contributed by atoms with Crippen molar-refractivity contribution < 1.29 is 31.3 Å². The maximum atomic E-state index is 13.1. The van der Waals surface area contributed by atoms with Gasteiger partial charge in [0.2, 0.25) is 0 Å². The van der Waals surface area contributed by atoms with Crippen LogP contribution in [0.1, 0.15) is 16.7 Å². The van der Waals surface area contributed by atoms with Crippen molar-refractivity contribution in [3.63, 3.8) is 0 Å². The average Bonchev–Trinajstić information content (AvgIpc) is 2.95. The van der Waals surface area contributed by atoms with E-state index >= 15 is 0 Å². The summed E-state index contributed by atoms with van der Waals surface area (Å²) in [5.74, 6) is 0. The molecule has 0 saturated carbocycles. The van der Waals surface area contributed by atoms with E-state index in [-0.39, 0.29) is 24.6 Å². The molecule has 0 fully saturated rings. The fourth-order valence-corrected chi connectivity index (χ4v) is 3.39. The van der Waals surface area contributed by atoms with E-state index in [9.17, 15) is 18.0 Å². The molecule has 0 aliphatic carbocycles. The largest absolute Gasteiger partial charge is 1.00 e. The van der Waals surface area contributed by atoms with E-state index in [1.807, 2.05) is 48.5 Å². The van der Waals surface area contributed by atoms with Gasteiger partial charge in [0.05, 0.1) is 29.7 Å². The summed E-state index contributed by atoms with van der Waals surface area (Å²) in [6.07, 6.45) is -4.38. The number of fused-ring (bicyclic) bond motifs is 1. The average molecular weight is 434 g/mol. The first-order chi connectivity index (χ1) is 13.8. The molecule has 0 amide bonds. The second kappa shape index (κ2) is 8.38. The van der Waals surface area contributed by atoms with E-state index < -0.39 is 11.7 Å². The Morgan fingerprint density at radius 3 is 1.60 bits per heavy atom. The predicted molar refractivity (Wildman–Crippen MR) is 105 cm³/mol. The Bertz CT molecular complexity index is 1210. The molecule has 0 bridgehead atoms. The van der Waals surface area contributed by atoms with Gasteiger partial charge in [-0.25, -0.2) is 4.79 Å². The molecule has 0 spiro atoms. The number of aromatic nitrogens is 2. The molecule has 0 aliphatic rings. The number of halogens is 4. The summed E-state index contributed by atoms with van der Waals surface area (Å²) in [6, 6.07) is 20.0. The minimum atomic E-state index is -4.38. The minimum absolute atomic E-state index is 0. The van der Waals surface area contributed by atoms with Gasteiger partial charge in [-0.15, -0.1) is 0 Å². The number of para-hydroxylation sites is 2. The Kier molecular flexibility index (Phi) is 6.05. The van der Waals surface area contributed by atoms with Gasteiger partial charge in [-0.2, -0.15) is 13.2 Å². The monoisotopic (exact) mass is 433 g/mol. The zero-order valence-electron chi connectivity index (χ0n) is 15.9. The van der Waals surface area contributed by atoms with Gasteiger partial charge in [0.15, 0.2) is 0 Å². The second-order valence-electron chi connectivity index (χ2n) is 6.95. The van der Waals surface area contributed by atoms with E-state index in [1.54, 1.807) is 9.13 Å². The molecule has 4 aromatic rings. The highest BCUT2D eigenvalue weighted by atomic mass is 35.5. The first-order valence-corrected chi connectivity index (χ1v) is 9.08. The first-order valence-electron chi connectivity index (χ1n) is 9.08. The lowest BCUT2D eigenvalue weighted by Crippen LogP contribution is -3.00. The summed E-state index contributed by atoms with van der Waals surface area (Å²) in [7, 11) is 0. The maximum absolute atomic E-state index is 13.1. The lowest BCUT2D eigenvalue weighted by molar-refractivity contribution is -0.254. The summed E-state index contributed by atoms with van der Waals surface area (Å²) >= 11 is 0. The Morgan fingerprint density at radius 1 is 0.733 bits per heavy atom. The minimum Gasteiger partial charge on any atom is -1.00 e. The van der Waals surface area contributed by atoms with Crippen LogP contribution in [0.5, 0.6) is 0 Å². The van der Waals surface area contributed by atoms with Crippen LogP contribution in [0.25, 0.3) is 11.0 Å². The number of benzene rings is 3. The molecule has 0 aliphatic heterocycles. The Balaban J connectivity index is 0.00000256. The molecule has 30 heavy (non-hydrogen) atoms. The zero-order valence-corrected chi connectivity index (χ0v) is 16.6. The number of hydrogen-bond acceptors (Lipinski definition) is 1. The number of rotatable bonds is 4. The summed E-state index contributed by atoms with van der Waals surface area (Å²) < 4.78 is 41.6. The molecule has 3 N–H and O–H groups in total. The quantitative estimate of drug-likeness (QED) is 0.508. The Morgan fingerprint density at radius 2 is 1.17 bits per heavy atom. The molecule has 0 atom stereocenters. The van der Waals surface area contributed by atoms with Gasteiger partial charge in [-0.05, 0) is 47.5 Å². The molecule has 0 unspecified atom stereocenters. The molecule has 0 radical (unpaired) electrons. The van der Waals surface area contributed by atoms with E-state index in [0.717, 1.165) is 34.4 Å². The number of hydrogen-bond donors (Lipinski definition) is 1. The van der Waals surface area contributed by atoms with Gasteiger partial charge in [0.25, 0.3) is 0 Å². The zero-order chi connectivity index (χ0) is 20.6. The number of nitrogens with zero attached hydrogens (tertiary/aromatic N) is 2. The third-order valence-electron chi connectivity index (χ3n) is 4.91. The fraction of sp³-hybridized carbons (Fsp3) is 0.136.